The first-order chi connectivity index (χ1) is 9.32. The second-order valence-corrected chi connectivity index (χ2v) is 8.77. The lowest BCUT2D eigenvalue weighted by atomic mass is 9.89. The number of aryl methyl sites for hydroxylation is 2. The lowest BCUT2D eigenvalue weighted by Crippen LogP contribution is -2.42. The van der Waals surface area contributed by atoms with E-state index >= 15 is 0 Å². The van der Waals surface area contributed by atoms with E-state index < -0.39 is 9.84 Å². The van der Waals surface area contributed by atoms with Crippen LogP contribution in [0, 0.1) is 19.8 Å². The Bertz CT molecular complexity index is 647. The molecule has 0 aromatic heterocycles. The maximum Gasteiger partial charge on any atom is 0.181 e. The Balaban J connectivity index is 2.20. The van der Waals surface area contributed by atoms with Crippen molar-refractivity contribution in [2.24, 2.45) is 5.92 Å². The molecule has 1 aromatic rings. The molecule has 3 rings (SSSR count). The molecule has 0 amide bonds. The summed E-state index contributed by atoms with van der Waals surface area (Å²) in [4.78, 5) is 0.576. The summed E-state index contributed by atoms with van der Waals surface area (Å²) >= 11 is 0. The van der Waals surface area contributed by atoms with Crippen LogP contribution in [0.25, 0.3) is 0 Å². The number of sulfone groups is 1. The van der Waals surface area contributed by atoms with E-state index in [1.807, 2.05) is 26.8 Å². The molecule has 110 valence electrons. The van der Waals surface area contributed by atoms with E-state index in [1.165, 1.54) is 12.8 Å². The molecule has 3 unspecified atom stereocenters. The fourth-order valence-corrected chi connectivity index (χ4v) is 5.49. The first kappa shape index (κ1) is 14.1. The van der Waals surface area contributed by atoms with E-state index in [1.54, 1.807) is 0 Å². The first-order valence-electron chi connectivity index (χ1n) is 7.43. The minimum absolute atomic E-state index is 0.106. The van der Waals surface area contributed by atoms with Gasteiger partial charge in [-0.15, -0.1) is 0 Å². The first-order valence-corrected chi connectivity index (χ1v) is 8.98. The van der Waals surface area contributed by atoms with Crippen molar-refractivity contribution in [3.8, 4) is 0 Å². The van der Waals surface area contributed by atoms with E-state index in [-0.39, 0.29) is 17.2 Å². The molecule has 0 saturated heterocycles. The van der Waals surface area contributed by atoms with Gasteiger partial charge in [0, 0.05) is 12.1 Å². The van der Waals surface area contributed by atoms with E-state index in [2.05, 4.69) is 18.3 Å². The van der Waals surface area contributed by atoms with Crippen LogP contribution in [-0.4, -0.2) is 19.7 Å². The van der Waals surface area contributed by atoms with Crippen LogP contribution in [0.3, 0.4) is 0 Å². The van der Waals surface area contributed by atoms with Gasteiger partial charge in [0.1, 0.15) is 0 Å². The van der Waals surface area contributed by atoms with Gasteiger partial charge in [0.05, 0.1) is 10.1 Å². The second-order valence-electron chi connectivity index (χ2n) is 6.53. The van der Waals surface area contributed by atoms with E-state index in [9.17, 15) is 8.42 Å². The van der Waals surface area contributed by atoms with Crippen molar-refractivity contribution < 1.29 is 8.42 Å². The molecular weight excluding hydrogens is 270 g/mol. The number of nitrogens with one attached hydrogen (secondary N) is 1. The van der Waals surface area contributed by atoms with Gasteiger partial charge >= 0.3 is 0 Å². The van der Waals surface area contributed by atoms with Crippen LogP contribution in [0.5, 0.6) is 0 Å². The summed E-state index contributed by atoms with van der Waals surface area (Å²) in [6.07, 6.45) is 2.43. The average molecular weight is 293 g/mol. The molecule has 0 bridgehead atoms. The van der Waals surface area contributed by atoms with E-state index in [4.69, 9.17) is 0 Å². The van der Waals surface area contributed by atoms with Crippen LogP contribution >= 0.6 is 0 Å². The third-order valence-electron chi connectivity index (χ3n) is 4.82. The molecule has 1 heterocycles. The second kappa shape index (κ2) is 4.57. The molecule has 3 nitrogen and oxygen atoms in total. The summed E-state index contributed by atoms with van der Waals surface area (Å²) in [5.74, 6) is 0.106. The number of hydrogen-bond donors (Lipinski definition) is 1. The number of benzene rings is 1. The van der Waals surface area contributed by atoms with Gasteiger partial charge in [-0.2, -0.15) is 0 Å². The monoisotopic (exact) mass is 293 g/mol. The van der Waals surface area contributed by atoms with E-state index in [0.29, 0.717) is 10.9 Å². The van der Waals surface area contributed by atoms with Gasteiger partial charge in [0.25, 0.3) is 0 Å². The Labute approximate surface area is 121 Å². The van der Waals surface area contributed by atoms with Crippen molar-refractivity contribution in [2.75, 3.05) is 0 Å². The topological polar surface area (TPSA) is 46.2 Å². The van der Waals surface area contributed by atoms with Crippen molar-refractivity contribution in [1.82, 2.24) is 5.32 Å². The third-order valence-corrected chi connectivity index (χ3v) is 7.35. The average Bonchev–Trinajstić information content (AvgIpc) is 3.15. The number of fused-ring (bicyclic) bond motifs is 1. The molecule has 20 heavy (non-hydrogen) atoms. The smallest absolute Gasteiger partial charge is 0.181 e. The molecule has 4 heteroatoms. The predicted molar refractivity (Wildman–Crippen MR) is 80.6 cm³/mol. The molecule has 0 radical (unpaired) electrons. The minimum Gasteiger partial charge on any atom is -0.307 e. The Morgan fingerprint density at radius 1 is 1.15 bits per heavy atom. The summed E-state index contributed by atoms with van der Waals surface area (Å²) < 4.78 is 25.5. The van der Waals surface area contributed by atoms with Crippen LogP contribution in [-0.2, 0) is 9.84 Å². The Morgan fingerprint density at radius 2 is 1.80 bits per heavy atom. The van der Waals surface area contributed by atoms with E-state index in [0.717, 1.165) is 16.7 Å². The zero-order valence-corrected chi connectivity index (χ0v) is 13.4. The maximum absolute atomic E-state index is 12.8. The highest BCUT2D eigenvalue weighted by Crippen LogP contribution is 2.43. The molecule has 1 aromatic carbocycles. The van der Waals surface area contributed by atoms with Crippen LogP contribution < -0.4 is 5.32 Å². The van der Waals surface area contributed by atoms with Crippen molar-refractivity contribution in [2.45, 2.75) is 62.8 Å². The normalized spacial score (nSPS) is 31.9. The zero-order chi connectivity index (χ0) is 14.7. The Morgan fingerprint density at radius 3 is 2.40 bits per heavy atom. The van der Waals surface area contributed by atoms with Crippen molar-refractivity contribution >= 4 is 9.84 Å². The fraction of sp³-hybridized carbons (Fsp3) is 0.625. The van der Waals surface area contributed by atoms with Gasteiger partial charge < -0.3 is 5.32 Å². The SMILES string of the molecule is Cc1cc(C)c2c(c1)C(NC1CC1)C(C)C(C)S2(=O)=O. The fourth-order valence-electron chi connectivity index (χ4n) is 3.38. The third kappa shape index (κ3) is 2.09. The summed E-state index contributed by atoms with van der Waals surface area (Å²) in [6, 6.07) is 4.77. The van der Waals surface area contributed by atoms with Gasteiger partial charge in [-0.1, -0.05) is 24.6 Å². The lowest BCUT2D eigenvalue weighted by molar-refractivity contribution is 0.355. The van der Waals surface area contributed by atoms with Crippen LogP contribution in [0.15, 0.2) is 17.0 Å². The van der Waals surface area contributed by atoms with Gasteiger partial charge in [0.15, 0.2) is 9.84 Å². The zero-order valence-electron chi connectivity index (χ0n) is 12.6. The lowest BCUT2D eigenvalue weighted by Gasteiger charge is -2.37. The summed E-state index contributed by atoms with van der Waals surface area (Å²) in [5, 5.41) is 3.33. The molecule has 1 fully saturated rings. The highest BCUT2D eigenvalue weighted by Gasteiger charge is 2.44. The quantitative estimate of drug-likeness (QED) is 0.912. The molecule has 0 spiro atoms. The van der Waals surface area contributed by atoms with Crippen LogP contribution in [0.1, 0.15) is 49.4 Å². The van der Waals surface area contributed by atoms with Crippen LogP contribution in [0.2, 0.25) is 0 Å². The van der Waals surface area contributed by atoms with Crippen molar-refractivity contribution in [3.63, 3.8) is 0 Å². The highest BCUT2D eigenvalue weighted by atomic mass is 32.2. The van der Waals surface area contributed by atoms with Crippen molar-refractivity contribution in [3.05, 3.63) is 28.8 Å². The van der Waals surface area contributed by atoms with Crippen LogP contribution in [0.4, 0.5) is 0 Å². The Hall–Kier alpha value is -0.870. The summed E-state index contributed by atoms with van der Waals surface area (Å²) in [6.45, 7) is 7.86. The maximum atomic E-state index is 12.8. The Kier molecular flexibility index (Phi) is 3.22. The molecule has 1 aliphatic carbocycles. The van der Waals surface area contributed by atoms with Gasteiger partial charge in [-0.25, -0.2) is 8.42 Å². The largest absolute Gasteiger partial charge is 0.307 e. The molecule has 3 atom stereocenters. The summed E-state index contributed by atoms with van der Waals surface area (Å²) in [7, 11) is -3.21. The molecule has 2 aliphatic rings. The highest BCUT2D eigenvalue weighted by molar-refractivity contribution is 7.92. The molecular formula is C16H23NO2S. The number of hydrogen-bond acceptors (Lipinski definition) is 3. The van der Waals surface area contributed by atoms with Gasteiger partial charge in [-0.05, 0) is 50.7 Å². The predicted octanol–water partition coefficient (Wildman–Crippen LogP) is 2.91. The molecule has 1 N–H and O–H groups in total. The minimum atomic E-state index is -3.21. The summed E-state index contributed by atoms with van der Waals surface area (Å²) in [5.41, 5.74) is 3.02. The molecule has 1 aliphatic heterocycles. The molecule has 1 saturated carbocycles. The van der Waals surface area contributed by atoms with Gasteiger partial charge in [-0.3, -0.25) is 0 Å². The van der Waals surface area contributed by atoms with Crippen molar-refractivity contribution in [1.29, 1.82) is 0 Å². The standard InChI is InChI=1S/C16H23NO2S/c1-9-7-10(2)16-14(8-9)15(17-13-5-6-13)11(3)12(4)20(16,18)19/h7-8,11-13,15,17H,5-6H2,1-4H3. The van der Waals surface area contributed by atoms with Gasteiger partial charge in [0.2, 0.25) is 0 Å². The number of rotatable bonds is 2.